The molecule has 1 saturated heterocycles. The molecule has 1 N–H and O–H groups in total. The summed E-state index contributed by atoms with van der Waals surface area (Å²) in [7, 11) is 1.26. The second-order valence-corrected chi connectivity index (χ2v) is 8.00. The number of rotatable bonds is 5. The van der Waals surface area contributed by atoms with Gasteiger partial charge >= 0.3 is 0 Å². The molecule has 1 aromatic heterocycles. The van der Waals surface area contributed by atoms with Crippen LogP contribution < -0.4 is 5.32 Å². The van der Waals surface area contributed by atoms with Crippen molar-refractivity contribution in [3.05, 3.63) is 23.5 Å². The predicted molar refractivity (Wildman–Crippen MR) is 83.2 cm³/mol. The summed E-state index contributed by atoms with van der Waals surface area (Å²) >= 11 is 0. The van der Waals surface area contributed by atoms with E-state index in [0.29, 0.717) is 11.3 Å². The van der Waals surface area contributed by atoms with Gasteiger partial charge in [-0.1, -0.05) is 0 Å². The van der Waals surface area contributed by atoms with E-state index >= 15 is 0 Å². The maximum Gasteiger partial charge on any atom is 0.268 e. The largest absolute Gasteiger partial charge is 0.379 e. The summed E-state index contributed by atoms with van der Waals surface area (Å²) in [6.07, 6.45) is 1.56. The van der Waals surface area contributed by atoms with E-state index in [1.807, 2.05) is 6.07 Å². The lowest BCUT2D eigenvalue weighted by Crippen LogP contribution is -2.44. The van der Waals surface area contributed by atoms with Gasteiger partial charge in [-0.15, -0.1) is 0 Å². The van der Waals surface area contributed by atoms with Gasteiger partial charge in [0.1, 0.15) is 11.8 Å². The monoisotopic (exact) mass is 340 g/mol. The number of nitrogens with zero attached hydrogens (tertiary/aromatic N) is 3. The molecular weight excluding hydrogens is 320 g/mol. The third kappa shape index (κ3) is 3.90. The zero-order valence-corrected chi connectivity index (χ0v) is 14.1. The quantitative estimate of drug-likeness (QED) is 0.780. The van der Waals surface area contributed by atoms with Gasteiger partial charge in [0.05, 0.1) is 30.6 Å². The summed E-state index contributed by atoms with van der Waals surface area (Å²) in [5, 5.41) is 11.7. The van der Waals surface area contributed by atoms with E-state index in [0.717, 1.165) is 0 Å². The van der Waals surface area contributed by atoms with Gasteiger partial charge in [0.25, 0.3) is 5.91 Å². The van der Waals surface area contributed by atoms with Crippen molar-refractivity contribution in [3.8, 4) is 6.07 Å². The van der Waals surface area contributed by atoms with Crippen LogP contribution in [-0.4, -0.2) is 62.3 Å². The summed E-state index contributed by atoms with van der Waals surface area (Å²) in [5.74, 6) is -0.736. The number of aryl methyl sites for hydroxylation is 1. The molecular formula is C14H20N4O4S. The van der Waals surface area contributed by atoms with Crippen LogP contribution in [0.2, 0.25) is 0 Å². The lowest BCUT2D eigenvalue weighted by atomic mass is 10.1. The minimum atomic E-state index is -3.37. The first-order valence-corrected chi connectivity index (χ1v) is 8.71. The first kappa shape index (κ1) is 17.5. The molecule has 8 nitrogen and oxygen atoms in total. The van der Waals surface area contributed by atoms with Crippen LogP contribution in [-0.2, 0) is 21.8 Å². The molecule has 1 aliphatic rings. The van der Waals surface area contributed by atoms with E-state index in [4.69, 9.17) is 10.00 Å². The number of hydrogen-bond acceptors (Lipinski definition) is 5. The number of nitrogens with one attached hydrogen (secondary N) is 1. The van der Waals surface area contributed by atoms with Crippen molar-refractivity contribution in [2.24, 2.45) is 13.0 Å². The van der Waals surface area contributed by atoms with Crippen molar-refractivity contribution in [3.63, 3.8) is 0 Å². The van der Waals surface area contributed by atoms with Crippen LogP contribution in [0, 0.1) is 17.2 Å². The highest BCUT2D eigenvalue weighted by atomic mass is 32.2. The lowest BCUT2D eigenvalue weighted by molar-refractivity contribution is 0.0918. The van der Waals surface area contributed by atoms with Crippen LogP contribution in [0.3, 0.4) is 0 Å². The summed E-state index contributed by atoms with van der Waals surface area (Å²) in [4.78, 5) is 12.3. The number of aromatic nitrogens is 1. The molecule has 2 heterocycles. The normalized spacial score (nSPS) is 21.3. The Morgan fingerprint density at radius 3 is 2.78 bits per heavy atom. The maximum atomic E-state index is 12.3. The van der Waals surface area contributed by atoms with Crippen LogP contribution in [0.4, 0.5) is 0 Å². The smallest absolute Gasteiger partial charge is 0.268 e. The molecule has 1 amide bonds. The fourth-order valence-electron chi connectivity index (χ4n) is 2.44. The highest BCUT2D eigenvalue weighted by Crippen LogP contribution is 2.18. The number of carbonyl (C=O) groups is 1. The maximum absolute atomic E-state index is 12.3. The van der Waals surface area contributed by atoms with Gasteiger partial charge in [-0.2, -0.15) is 5.26 Å². The summed E-state index contributed by atoms with van der Waals surface area (Å²) in [5.41, 5.74) is 0.745. The Morgan fingerprint density at radius 1 is 1.52 bits per heavy atom. The zero-order valence-electron chi connectivity index (χ0n) is 13.3. The van der Waals surface area contributed by atoms with Crippen molar-refractivity contribution < 1.29 is 17.9 Å². The van der Waals surface area contributed by atoms with Crippen molar-refractivity contribution in [2.45, 2.75) is 6.04 Å². The number of amides is 1. The molecule has 23 heavy (non-hydrogen) atoms. The van der Waals surface area contributed by atoms with Crippen molar-refractivity contribution >= 4 is 15.9 Å². The minimum absolute atomic E-state index is 0.0818. The Morgan fingerprint density at radius 2 is 2.22 bits per heavy atom. The standard InChI is InChI=1S/C14H20N4O4S/c1-17(2)23(20,21)9-11-7-22-8-12(11)16-14(19)13-4-10(5-15)6-18(13)3/h4,6,11-12H,7-9H2,1-3H3,(H,16,19)/t11-,12+/m0/s1. The van der Waals surface area contributed by atoms with Gasteiger partial charge in [0, 0.05) is 33.3 Å². The van der Waals surface area contributed by atoms with Gasteiger partial charge < -0.3 is 14.6 Å². The van der Waals surface area contributed by atoms with Gasteiger partial charge in [0.15, 0.2) is 0 Å². The average molecular weight is 340 g/mol. The third-order valence-corrected chi connectivity index (χ3v) is 5.82. The molecule has 1 aromatic rings. The van der Waals surface area contributed by atoms with E-state index in [2.05, 4.69) is 5.32 Å². The second kappa shape index (κ2) is 6.70. The molecule has 1 fully saturated rings. The first-order valence-electron chi connectivity index (χ1n) is 7.10. The fourth-order valence-corrected chi connectivity index (χ4v) is 3.60. The summed E-state index contributed by atoms with van der Waals surface area (Å²) in [6.45, 7) is 0.559. The molecule has 0 radical (unpaired) electrons. The minimum Gasteiger partial charge on any atom is -0.379 e. The summed E-state index contributed by atoms with van der Waals surface area (Å²) < 4.78 is 32.1. The van der Waals surface area contributed by atoms with E-state index in [-0.39, 0.29) is 36.8 Å². The number of ether oxygens (including phenoxy) is 1. The van der Waals surface area contributed by atoms with Crippen molar-refractivity contribution in [1.82, 2.24) is 14.2 Å². The molecule has 0 bridgehead atoms. The Kier molecular flexibility index (Phi) is 5.09. The molecule has 0 spiro atoms. The Balaban J connectivity index is 2.08. The van der Waals surface area contributed by atoms with E-state index in [1.54, 1.807) is 17.8 Å². The Labute approximate surface area is 135 Å². The molecule has 0 saturated carbocycles. The average Bonchev–Trinajstić information content (AvgIpc) is 3.05. The number of carbonyl (C=O) groups excluding carboxylic acids is 1. The zero-order chi connectivity index (χ0) is 17.2. The van der Waals surface area contributed by atoms with E-state index in [1.165, 1.54) is 24.5 Å². The highest BCUT2D eigenvalue weighted by molar-refractivity contribution is 7.89. The van der Waals surface area contributed by atoms with Gasteiger partial charge in [-0.05, 0) is 6.07 Å². The van der Waals surface area contributed by atoms with Gasteiger partial charge in [-0.3, -0.25) is 4.79 Å². The lowest BCUT2D eigenvalue weighted by Gasteiger charge is -2.21. The fraction of sp³-hybridized carbons (Fsp3) is 0.571. The van der Waals surface area contributed by atoms with Gasteiger partial charge in [0.2, 0.25) is 10.0 Å². The molecule has 0 aromatic carbocycles. The van der Waals surface area contributed by atoms with E-state index in [9.17, 15) is 13.2 Å². The number of sulfonamides is 1. The second-order valence-electron chi connectivity index (χ2n) is 5.78. The number of hydrogen-bond donors (Lipinski definition) is 1. The summed E-state index contributed by atoms with van der Waals surface area (Å²) in [6, 6.07) is 3.10. The van der Waals surface area contributed by atoms with Crippen molar-refractivity contribution in [2.75, 3.05) is 33.1 Å². The van der Waals surface area contributed by atoms with Crippen LogP contribution in [0.5, 0.6) is 0 Å². The van der Waals surface area contributed by atoms with Crippen LogP contribution in [0.25, 0.3) is 0 Å². The Bertz CT molecular complexity index is 732. The molecule has 1 aliphatic heterocycles. The Hall–Kier alpha value is -1.89. The molecule has 2 atom stereocenters. The molecule has 2 rings (SSSR count). The van der Waals surface area contributed by atoms with Crippen LogP contribution in [0.1, 0.15) is 16.1 Å². The predicted octanol–water partition coefficient (Wildman–Crippen LogP) is -0.467. The topological polar surface area (TPSA) is 104 Å². The van der Waals surface area contributed by atoms with E-state index < -0.39 is 10.0 Å². The third-order valence-electron chi connectivity index (χ3n) is 3.86. The molecule has 9 heteroatoms. The number of nitriles is 1. The van der Waals surface area contributed by atoms with Crippen molar-refractivity contribution in [1.29, 1.82) is 5.26 Å². The molecule has 0 aliphatic carbocycles. The molecule has 126 valence electrons. The first-order chi connectivity index (χ1) is 10.7. The molecule has 0 unspecified atom stereocenters. The van der Waals surface area contributed by atoms with Crippen LogP contribution >= 0.6 is 0 Å². The SMILES string of the molecule is CN(C)S(=O)(=O)C[C@@H]1COC[C@H]1NC(=O)c1cc(C#N)cn1C. The van der Waals surface area contributed by atoms with Gasteiger partial charge in [-0.25, -0.2) is 12.7 Å². The highest BCUT2D eigenvalue weighted by Gasteiger charge is 2.34. The van der Waals surface area contributed by atoms with Crippen LogP contribution in [0.15, 0.2) is 12.3 Å².